The van der Waals surface area contributed by atoms with Crippen LogP contribution in [0.15, 0.2) is 33.7 Å². The second-order valence-electron chi connectivity index (χ2n) is 6.20. The first-order valence-corrected chi connectivity index (χ1v) is 8.50. The molecule has 3 aromatic rings. The van der Waals surface area contributed by atoms with Gasteiger partial charge in [0.1, 0.15) is 23.3 Å². The molecule has 8 heteroatoms. The lowest BCUT2D eigenvalue weighted by Crippen LogP contribution is -2.39. The van der Waals surface area contributed by atoms with E-state index in [1.807, 2.05) is 4.90 Å². The van der Waals surface area contributed by atoms with Crippen LogP contribution in [0.2, 0.25) is 5.02 Å². The van der Waals surface area contributed by atoms with Crippen molar-refractivity contribution in [2.45, 2.75) is 25.7 Å². The summed E-state index contributed by atoms with van der Waals surface area (Å²) in [6.45, 7) is 3.06. The summed E-state index contributed by atoms with van der Waals surface area (Å²) in [7, 11) is 0. The van der Waals surface area contributed by atoms with E-state index < -0.39 is 0 Å². The Morgan fingerprint density at radius 2 is 2.36 bits per heavy atom. The van der Waals surface area contributed by atoms with Crippen molar-refractivity contribution in [3.63, 3.8) is 0 Å². The minimum atomic E-state index is -0.0525. The van der Waals surface area contributed by atoms with Crippen LogP contribution in [0.1, 0.15) is 40.6 Å². The number of aromatic amines is 1. The SMILES string of the molecule is Cc1oncc1C(=O)N1CCC[C@H](c2coc(-c3cc(Cl)c[nH]3)n2)C1. The Morgan fingerprint density at radius 3 is 3.08 bits per heavy atom. The van der Waals surface area contributed by atoms with Gasteiger partial charge in [0.15, 0.2) is 0 Å². The van der Waals surface area contributed by atoms with Gasteiger partial charge in [0.05, 0.1) is 16.9 Å². The van der Waals surface area contributed by atoms with Gasteiger partial charge in [-0.3, -0.25) is 4.79 Å². The maximum atomic E-state index is 12.7. The number of H-pyrrole nitrogens is 1. The number of rotatable bonds is 3. The second-order valence-corrected chi connectivity index (χ2v) is 6.63. The monoisotopic (exact) mass is 360 g/mol. The molecule has 1 fully saturated rings. The van der Waals surface area contributed by atoms with Crippen molar-refractivity contribution in [1.29, 1.82) is 0 Å². The smallest absolute Gasteiger partial charge is 0.259 e. The number of amides is 1. The highest BCUT2D eigenvalue weighted by Gasteiger charge is 2.29. The van der Waals surface area contributed by atoms with E-state index in [0.717, 1.165) is 30.8 Å². The number of hydrogen-bond donors (Lipinski definition) is 1. The minimum absolute atomic E-state index is 0.0525. The molecular weight excluding hydrogens is 344 g/mol. The number of carbonyl (C=O) groups excluding carboxylic acids is 1. The minimum Gasteiger partial charge on any atom is -0.443 e. The molecule has 7 nitrogen and oxygen atoms in total. The molecule has 1 saturated heterocycles. The molecule has 130 valence electrons. The first kappa shape index (κ1) is 16.0. The lowest BCUT2D eigenvalue weighted by Gasteiger charge is -2.31. The molecule has 1 N–H and O–H groups in total. The largest absolute Gasteiger partial charge is 0.443 e. The van der Waals surface area contributed by atoms with Crippen molar-refractivity contribution in [1.82, 2.24) is 20.0 Å². The van der Waals surface area contributed by atoms with Gasteiger partial charge in [0.25, 0.3) is 5.91 Å². The molecule has 1 atom stereocenters. The zero-order valence-corrected chi connectivity index (χ0v) is 14.4. The maximum absolute atomic E-state index is 12.7. The van der Waals surface area contributed by atoms with Crippen LogP contribution in [0, 0.1) is 6.92 Å². The molecule has 1 aliphatic rings. The Morgan fingerprint density at radius 1 is 1.48 bits per heavy atom. The van der Waals surface area contributed by atoms with Crippen LogP contribution < -0.4 is 0 Å². The van der Waals surface area contributed by atoms with Crippen LogP contribution in [-0.4, -0.2) is 39.0 Å². The van der Waals surface area contributed by atoms with Crippen molar-refractivity contribution in [2.24, 2.45) is 0 Å². The number of halogens is 1. The summed E-state index contributed by atoms with van der Waals surface area (Å²) >= 11 is 5.92. The molecule has 0 spiro atoms. The Hall–Kier alpha value is -2.54. The van der Waals surface area contributed by atoms with E-state index in [1.54, 1.807) is 25.5 Å². The Bertz CT molecular complexity index is 897. The molecule has 25 heavy (non-hydrogen) atoms. The third-order valence-corrected chi connectivity index (χ3v) is 4.73. The Labute approximate surface area is 149 Å². The molecule has 0 radical (unpaired) electrons. The maximum Gasteiger partial charge on any atom is 0.259 e. The number of aryl methyl sites for hydroxylation is 1. The highest BCUT2D eigenvalue weighted by atomic mass is 35.5. The summed E-state index contributed by atoms with van der Waals surface area (Å²) in [4.78, 5) is 22.1. The molecule has 0 bridgehead atoms. The zero-order chi connectivity index (χ0) is 17.4. The van der Waals surface area contributed by atoms with Gasteiger partial charge in [0.2, 0.25) is 5.89 Å². The van der Waals surface area contributed by atoms with Crippen LogP contribution >= 0.6 is 11.6 Å². The van der Waals surface area contributed by atoms with Crippen LogP contribution in [-0.2, 0) is 0 Å². The molecule has 1 aliphatic heterocycles. The lowest BCUT2D eigenvalue weighted by molar-refractivity contribution is 0.0704. The van der Waals surface area contributed by atoms with E-state index in [-0.39, 0.29) is 11.8 Å². The molecule has 0 aliphatic carbocycles. The first-order valence-electron chi connectivity index (χ1n) is 8.12. The summed E-state index contributed by atoms with van der Waals surface area (Å²) in [5.41, 5.74) is 2.10. The van der Waals surface area contributed by atoms with E-state index in [1.165, 1.54) is 6.20 Å². The van der Waals surface area contributed by atoms with Crippen LogP contribution in [0.3, 0.4) is 0 Å². The standard InChI is InChI=1S/C17H17ClN4O3/c1-10-13(7-20-25-10)17(23)22-4-2-3-11(8-22)15-9-24-16(21-15)14-5-12(18)6-19-14/h5-7,9,11,19H,2-4,8H2,1H3/t11-/m0/s1. The van der Waals surface area contributed by atoms with E-state index in [0.29, 0.717) is 28.8 Å². The zero-order valence-electron chi connectivity index (χ0n) is 13.7. The number of nitrogens with zero attached hydrogens (tertiary/aromatic N) is 3. The molecule has 4 heterocycles. The molecule has 0 aromatic carbocycles. The van der Waals surface area contributed by atoms with Gasteiger partial charge >= 0.3 is 0 Å². The summed E-state index contributed by atoms with van der Waals surface area (Å²) in [5, 5.41) is 4.29. The normalized spacial score (nSPS) is 17.8. The van der Waals surface area contributed by atoms with Gasteiger partial charge in [-0.2, -0.15) is 0 Å². The predicted octanol–water partition coefficient (Wildman–Crippen LogP) is 3.64. The van der Waals surface area contributed by atoms with Gasteiger partial charge in [-0.05, 0) is 25.8 Å². The van der Waals surface area contributed by atoms with Crippen molar-refractivity contribution in [3.05, 3.63) is 46.8 Å². The molecule has 0 unspecified atom stereocenters. The van der Waals surface area contributed by atoms with Gasteiger partial charge in [0, 0.05) is 25.2 Å². The Balaban J connectivity index is 1.51. The highest BCUT2D eigenvalue weighted by molar-refractivity contribution is 6.30. The van der Waals surface area contributed by atoms with Crippen molar-refractivity contribution in [2.75, 3.05) is 13.1 Å². The van der Waals surface area contributed by atoms with Crippen molar-refractivity contribution >= 4 is 17.5 Å². The highest BCUT2D eigenvalue weighted by Crippen LogP contribution is 2.30. The number of nitrogens with one attached hydrogen (secondary N) is 1. The van der Waals surface area contributed by atoms with Gasteiger partial charge in [-0.25, -0.2) is 4.98 Å². The van der Waals surface area contributed by atoms with Crippen molar-refractivity contribution < 1.29 is 13.7 Å². The van der Waals surface area contributed by atoms with Gasteiger partial charge < -0.3 is 18.8 Å². The predicted molar refractivity (Wildman–Crippen MR) is 90.4 cm³/mol. The molecule has 0 saturated carbocycles. The van der Waals surface area contributed by atoms with Crippen LogP contribution in [0.25, 0.3) is 11.6 Å². The second kappa shape index (κ2) is 6.40. The van der Waals surface area contributed by atoms with Crippen LogP contribution in [0.4, 0.5) is 0 Å². The molecule has 1 amide bonds. The number of aromatic nitrogens is 3. The van der Waals surface area contributed by atoms with Gasteiger partial charge in [-0.1, -0.05) is 16.8 Å². The molecular formula is C17H17ClN4O3. The average molecular weight is 361 g/mol. The quantitative estimate of drug-likeness (QED) is 0.770. The Kier molecular flexibility index (Phi) is 4.09. The lowest BCUT2D eigenvalue weighted by atomic mass is 9.95. The van der Waals surface area contributed by atoms with E-state index >= 15 is 0 Å². The number of hydrogen-bond acceptors (Lipinski definition) is 5. The number of likely N-dealkylation sites (tertiary alicyclic amines) is 1. The summed E-state index contributed by atoms with van der Waals surface area (Å²) in [5.74, 6) is 1.13. The third-order valence-electron chi connectivity index (χ3n) is 4.51. The average Bonchev–Trinajstić information content (AvgIpc) is 3.35. The topological polar surface area (TPSA) is 88.2 Å². The summed E-state index contributed by atoms with van der Waals surface area (Å²) < 4.78 is 10.6. The molecule has 3 aromatic heterocycles. The third kappa shape index (κ3) is 3.07. The first-order chi connectivity index (χ1) is 12.1. The number of carbonyl (C=O) groups is 1. The fourth-order valence-corrected chi connectivity index (χ4v) is 3.33. The fourth-order valence-electron chi connectivity index (χ4n) is 3.17. The fraction of sp³-hybridized carbons (Fsp3) is 0.353. The number of oxazole rings is 1. The summed E-state index contributed by atoms with van der Waals surface area (Å²) in [6, 6.07) is 1.77. The van der Waals surface area contributed by atoms with E-state index in [4.69, 9.17) is 20.5 Å². The van der Waals surface area contributed by atoms with E-state index in [9.17, 15) is 4.79 Å². The van der Waals surface area contributed by atoms with Crippen LogP contribution in [0.5, 0.6) is 0 Å². The molecule has 4 rings (SSSR count). The van der Waals surface area contributed by atoms with E-state index in [2.05, 4.69) is 15.1 Å². The number of piperidine rings is 1. The summed E-state index contributed by atoms with van der Waals surface area (Å²) in [6.07, 6.45) is 6.70. The van der Waals surface area contributed by atoms with Gasteiger partial charge in [-0.15, -0.1) is 0 Å². The van der Waals surface area contributed by atoms with Crippen molar-refractivity contribution in [3.8, 4) is 11.6 Å².